The van der Waals surface area contributed by atoms with Crippen molar-refractivity contribution in [3.8, 4) is 0 Å². The van der Waals surface area contributed by atoms with Crippen molar-refractivity contribution < 1.29 is 4.79 Å². The maximum atomic E-state index is 12.2. The summed E-state index contributed by atoms with van der Waals surface area (Å²) in [6.45, 7) is 4.07. The Balaban J connectivity index is 2.13. The molecule has 0 aliphatic carbocycles. The first kappa shape index (κ1) is 13.3. The number of hydrogen-bond donors (Lipinski definition) is 1. The fourth-order valence-corrected chi connectivity index (χ4v) is 2.13. The van der Waals surface area contributed by atoms with Gasteiger partial charge in [-0.05, 0) is 31.0 Å². The highest BCUT2D eigenvalue weighted by molar-refractivity contribution is 5.94. The summed E-state index contributed by atoms with van der Waals surface area (Å²) < 4.78 is 0. The van der Waals surface area contributed by atoms with Gasteiger partial charge in [-0.15, -0.1) is 0 Å². The van der Waals surface area contributed by atoms with Gasteiger partial charge < -0.3 is 5.32 Å². The van der Waals surface area contributed by atoms with E-state index < -0.39 is 0 Å². The van der Waals surface area contributed by atoms with Crippen molar-refractivity contribution in [3.63, 3.8) is 0 Å². The zero-order chi connectivity index (χ0) is 13.7. The maximum absolute atomic E-state index is 12.2. The molecule has 0 aliphatic rings. The van der Waals surface area contributed by atoms with Gasteiger partial charge in [0.25, 0.3) is 5.91 Å². The number of nitrogens with one attached hydrogen (secondary N) is 1. The Morgan fingerprint density at radius 2 is 1.84 bits per heavy atom. The van der Waals surface area contributed by atoms with Crippen molar-refractivity contribution >= 4 is 5.91 Å². The number of benzene rings is 2. The summed E-state index contributed by atoms with van der Waals surface area (Å²) >= 11 is 0. The van der Waals surface area contributed by atoms with Crippen molar-refractivity contribution in [3.05, 3.63) is 71.3 Å². The van der Waals surface area contributed by atoms with Crippen LogP contribution in [0.4, 0.5) is 0 Å². The maximum Gasteiger partial charge on any atom is 0.251 e. The molecule has 0 radical (unpaired) electrons. The van der Waals surface area contributed by atoms with Crippen LogP contribution in [-0.2, 0) is 0 Å². The zero-order valence-corrected chi connectivity index (χ0v) is 11.4. The largest absolute Gasteiger partial charge is 0.345 e. The Hall–Kier alpha value is -2.09. The third kappa shape index (κ3) is 3.44. The molecular weight excluding hydrogens is 234 g/mol. The van der Waals surface area contributed by atoms with Crippen molar-refractivity contribution in [1.29, 1.82) is 0 Å². The van der Waals surface area contributed by atoms with Crippen LogP contribution < -0.4 is 5.32 Å². The van der Waals surface area contributed by atoms with E-state index in [1.807, 2.05) is 61.5 Å². The number of amides is 1. The Bertz CT molecular complexity index is 548. The molecule has 19 heavy (non-hydrogen) atoms. The molecule has 0 spiro atoms. The Kier molecular flexibility index (Phi) is 4.35. The van der Waals surface area contributed by atoms with Crippen molar-refractivity contribution in [1.82, 2.24) is 5.32 Å². The number of carbonyl (C=O) groups excluding carboxylic acids is 1. The third-order valence-electron chi connectivity index (χ3n) is 3.20. The van der Waals surface area contributed by atoms with E-state index in [1.165, 1.54) is 0 Å². The van der Waals surface area contributed by atoms with Gasteiger partial charge in [0.1, 0.15) is 0 Å². The second kappa shape index (κ2) is 6.19. The Morgan fingerprint density at radius 1 is 1.11 bits per heavy atom. The van der Waals surface area contributed by atoms with Gasteiger partial charge in [-0.1, -0.05) is 55.0 Å². The van der Waals surface area contributed by atoms with Gasteiger partial charge in [-0.3, -0.25) is 4.79 Å². The van der Waals surface area contributed by atoms with Crippen LogP contribution in [0, 0.1) is 6.92 Å². The first-order valence-electron chi connectivity index (χ1n) is 6.63. The fraction of sp³-hybridized carbons (Fsp3) is 0.235. The highest BCUT2D eigenvalue weighted by Crippen LogP contribution is 2.17. The summed E-state index contributed by atoms with van der Waals surface area (Å²) in [6, 6.07) is 17.8. The molecule has 98 valence electrons. The summed E-state index contributed by atoms with van der Waals surface area (Å²) in [5.74, 6) is -0.0144. The normalized spacial score (nSPS) is 11.9. The number of rotatable bonds is 4. The van der Waals surface area contributed by atoms with Gasteiger partial charge in [0.2, 0.25) is 0 Å². The summed E-state index contributed by atoms with van der Waals surface area (Å²) in [6.07, 6.45) is 0.877. The lowest BCUT2D eigenvalue weighted by Gasteiger charge is -2.17. The Morgan fingerprint density at radius 3 is 2.47 bits per heavy atom. The summed E-state index contributed by atoms with van der Waals surface area (Å²) in [5.41, 5.74) is 2.96. The van der Waals surface area contributed by atoms with Gasteiger partial charge in [0.15, 0.2) is 0 Å². The minimum absolute atomic E-state index is 0.0144. The minimum atomic E-state index is -0.0144. The molecule has 0 heterocycles. The van der Waals surface area contributed by atoms with E-state index in [0.29, 0.717) is 0 Å². The minimum Gasteiger partial charge on any atom is -0.345 e. The van der Waals surface area contributed by atoms with E-state index in [9.17, 15) is 4.79 Å². The van der Waals surface area contributed by atoms with Crippen LogP contribution in [0.15, 0.2) is 54.6 Å². The quantitative estimate of drug-likeness (QED) is 0.880. The average molecular weight is 253 g/mol. The predicted molar refractivity (Wildman–Crippen MR) is 78.1 cm³/mol. The first-order chi connectivity index (χ1) is 9.20. The molecule has 1 unspecified atom stereocenters. The molecule has 2 rings (SSSR count). The average Bonchev–Trinajstić information content (AvgIpc) is 2.45. The standard InChI is InChI=1S/C17H19NO/c1-3-16(14-9-5-4-6-10-14)18-17(19)15-11-7-8-13(2)12-15/h4-12,16H,3H2,1-2H3,(H,18,19). The van der Waals surface area contributed by atoms with E-state index >= 15 is 0 Å². The molecule has 2 heteroatoms. The van der Waals surface area contributed by atoms with E-state index in [2.05, 4.69) is 12.2 Å². The van der Waals surface area contributed by atoms with Gasteiger partial charge in [-0.25, -0.2) is 0 Å². The molecule has 1 N–H and O–H groups in total. The van der Waals surface area contributed by atoms with Crippen LogP contribution in [0.25, 0.3) is 0 Å². The van der Waals surface area contributed by atoms with E-state index in [4.69, 9.17) is 0 Å². The van der Waals surface area contributed by atoms with Crippen LogP contribution in [0.1, 0.15) is 40.9 Å². The molecule has 0 fully saturated rings. The summed E-state index contributed by atoms with van der Waals surface area (Å²) in [7, 11) is 0. The van der Waals surface area contributed by atoms with Crippen LogP contribution in [-0.4, -0.2) is 5.91 Å². The molecule has 2 aromatic carbocycles. The van der Waals surface area contributed by atoms with Crippen LogP contribution in [0.5, 0.6) is 0 Å². The lowest BCUT2D eigenvalue weighted by molar-refractivity contribution is 0.0935. The number of hydrogen-bond acceptors (Lipinski definition) is 1. The monoisotopic (exact) mass is 253 g/mol. The molecule has 0 aromatic heterocycles. The van der Waals surface area contributed by atoms with E-state index in [1.54, 1.807) is 0 Å². The van der Waals surface area contributed by atoms with E-state index in [-0.39, 0.29) is 11.9 Å². The Labute approximate surface area is 114 Å². The smallest absolute Gasteiger partial charge is 0.251 e. The first-order valence-corrected chi connectivity index (χ1v) is 6.63. The lowest BCUT2D eigenvalue weighted by atomic mass is 10.0. The molecule has 1 amide bonds. The molecule has 0 bridgehead atoms. The van der Waals surface area contributed by atoms with Crippen LogP contribution >= 0.6 is 0 Å². The number of carbonyl (C=O) groups is 1. The highest BCUT2D eigenvalue weighted by atomic mass is 16.1. The summed E-state index contributed by atoms with van der Waals surface area (Å²) in [4.78, 5) is 12.2. The van der Waals surface area contributed by atoms with Gasteiger partial charge in [0.05, 0.1) is 6.04 Å². The fourth-order valence-electron chi connectivity index (χ4n) is 2.13. The lowest BCUT2D eigenvalue weighted by Crippen LogP contribution is -2.28. The van der Waals surface area contributed by atoms with E-state index in [0.717, 1.165) is 23.1 Å². The van der Waals surface area contributed by atoms with Crippen molar-refractivity contribution in [2.24, 2.45) is 0 Å². The second-order valence-electron chi connectivity index (χ2n) is 4.71. The SMILES string of the molecule is CCC(NC(=O)c1cccc(C)c1)c1ccccc1. The molecule has 1 atom stereocenters. The second-order valence-corrected chi connectivity index (χ2v) is 4.71. The summed E-state index contributed by atoms with van der Waals surface area (Å²) in [5, 5.41) is 3.09. The van der Waals surface area contributed by atoms with Crippen LogP contribution in [0.3, 0.4) is 0 Å². The molecular formula is C17H19NO. The third-order valence-corrected chi connectivity index (χ3v) is 3.20. The molecule has 0 saturated carbocycles. The van der Waals surface area contributed by atoms with Crippen molar-refractivity contribution in [2.45, 2.75) is 26.3 Å². The highest BCUT2D eigenvalue weighted by Gasteiger charge is 2.13. The topological polar surface area (TPSA) is 29.1 Å². The van der Waals surface area contributed by atoms with Gasteiger partial charge in [-0.2, -0.15) is 0 Å². The zero-order valence-electron chi connectivity index (χ0n) is 11.4. The molecule has 0 aliphatic heterocycles. The number of aryl methyl sites for hydroxylation is 1. The molecule has 0 saturated heterocycles. The van der Waals surface area contributed by atoms with Gasteiger partial charge >= 0.3 is 0 Å². The van der Waals surface area contributed by atoms with Crippen molar-refractivity contribution in [2.75, 3.05) is 0 Å². The van der Waals surface area contributed by atoms with Crippen LogP contribution in [0.2, 0.25) is 0 Å². The molecule has 2 nitrogen and oxygen atoms in total. The predicted octanol–water partition coefficient (Wildman–Crippen LogP) is 3.88. The van der Waals surface area contributed by atoms with Gasteiger partial charge in [0, 0.05) is 5.56 Å². The molecule has 2 aromatic rings.